The molecule has 1 aromatic carbocycles. The van der Waals surface area contributed by atoms with Crippen LogP contribution in [0.4, 0.5) is 5.69 Å². The SMILES string of the molecule is Cc1cc(N)cc(-c2cnc(C3(O)CCC(C(=O)O)C(C)(C)C3)s2)c1. The Balaban J connectivity index is 1.90. The van der Waals surface area contributed by atoms with Crippen molar-refractivity contribution in [3.8, 4) is 10.4 Å². The highest BCUT2D eigenvalue weighted by atomic mass is 32.1. The second-order valence-corrected chi connectivity index (χ2v) is 8.82. The number of nitrogens with zero attached hydrogens (tertiary/aromatic N) is 1. The van der Waals surface area contributed by atoms with E-state index in [9.17, 15) is 15.0 Å². The molecule has 1 aliphatic rings. The normalized spacial score (nSPS) is 25.7. The van der Waals surface area contributed by atoms with E-state index in [1.54, 1.807) is 6.20 Å². The van der Waals surface area contributed by atoms with E-state index in [-0.39, 0.29) is 0 Å². The van der Waals surface area contributed by atoms with Crippen molar-refractivity contribution in [2.45, 2.75) is 45.6 Å². The highest BCUT2D eigenvalue weighted by Gasteiger charge is 2.49. The second-order valence-electron chi connectivity index (χ2n) is 7.79. The van der Waals surface area contributed by atoms with E-state index in [4.69, 9.17) is 5.73 Å². The van der Waals surface area contributed by atoms with Gasteiger partial charge in [-0.3, -0.25) is 4.79 Å². The molecule has 2 aromatic rings. The summed E-state index contributed by atoms with van der Waals surface area (Å²) in [7, 11) is 0. The maximum atomic E-state index is 11.5. The van der Waals surface area contributed by atoms with Crippen molar-refractivity contribution in [1.29, 1.82) is 0 Å². The standard InChI is InChI=1S/C19H24N2O3S/c1-11-6-12(8-13(20)7-11)15-9-21-17(25-15)19(24)5-4-14(16(22)23)18(2,3)10-19/h6-9,14,24H,4-5,10,20H2,1-3H3,(H,22,23). The first kappa shape index (κ1) is 17.9. The maximum absolute atomic E-state index is 11.5. The zero-order chi connectivity index (χ0) is 18.4. The van der Waals surface area contributed by atoms with E-state index < -0.39 is 22.9 Å². The third-order valence-electron chi connectivity index (χ3n) is 5.12. The molecule has 1 fully saturated rings. The quantitative estimate of drug-likeness (QED) is 0.724. The number of nitrogen functional groups attached to an aromatic ring is 1. The van der Waals surface area contributed by atoms with Crippen molar-refractivity contribution in [3.05, 3.63) is 35.0 Å². The summed E-state index contributed by atoms with van der Waals surface area (Å²) in [5, 5.41) is 21.2. The van der Waals surface area contributed by atoms with Crippen molar-refractivity contribution >= 4 is 23.0 Å². The van der Waals surface area contributed by atoms with Gasteiger partial charge in [0, 0.05) is 11.9 Å². The van der Waals surface area contributed by atoms with E-state index in [1.165, 1.54) is 11.3 Å². The number of aryl methyl sites for hydroxylation is 1. The first-order chi connectivity index (χ1) is 11.6. The Morgan fingerprint density at radius 1 is 1.36 bits per heavy atom. The molecule has 5 nitrogen and oxygen atoms in total. The fraction of sp³-hybridized carbons (Fsp3) is 0.474. The van der Waals surface area contributed by atoms with Crippen LogP contribution in [0.3, 0.4) is 0 Å². The van der Waals surface area contributed by atoms with E-state index in [2.05, 4.69) is 4.98 Å². The molecule has 2 unspecified atom stereocenters. The van der Waals surface area contributed by atoms with Gasteiger partial charge in [-0.05, 0) is 54.9 Å². The molecule has 4 N–H and O–H groups in total. The third kappa shape index (κ3) is 3.41. The number of nitrogens with two attached hydrogens (primary N) is 1. The number of thiazole rings is 1. The summed E-state index contributed by atoms with van der Waals surface area (Å²) in [6, 6.07) is 5.86. The fourth-order valence-corrected chi connectivity index (χ4v) is 4.98. The lowest BCUT2D eigenvalue weighted by Crippen LogP contribution is -2.44. The van der Waals surface area contributed by atoms with Gasteiger partial charge in [-0.1, -0.05) is 19.9 Å². The zero-order valence-corrected chi connectivity index (χ0v) is 15.6. The van der Waals surface area contributed by atoms with Gasteiger partial charge in [-0.25, -0.2) is 4.98 Å². The molecule has 0 aliphatic heterocycles. The van der Waals surface area contributed by atoms with Crippen molar-refractivity contribution in [3.63, 3.8) is 0 Å². The number of anilines is 1. The highest BCUT2D eigenvalue weighted by Crippen LogP contribution is 2.50. The van der Waals surface area contributed by atoms with Crippen molar-refractivity contribution < 1.29 is 15.0 Å². The summed E-state index contributed by atoms with van der Waals surface area (Å²) < 4.78 is 0. The number of carboxylic acids is 1. The van der Waals surface area contributed by atoms with Gasteiger partial charge in [0.2, 0.25) is 0 Å². The lowest BCUT2D eigenvalue weighted by molar-refractivity contribution is -0.154. The van der Waals surface area contributed by atoms with Gasteiger partial charge in [0.1, 0.15) is 10.6 Å². The molecule has 1 saturated carbocycles. The third-order valence-corrected chi connectivity index (χ3v) is 6.36. The highest BCUT2D eigenvalue weighted by molar-refractivity contribution is 7.15. The molecule has 1 aliphatic carbocycles. The summed E-state index contributed by atoms with van der Waals surface area (Å²) in [5.74, 6) is -1.23. The summed E-state index contributed by atoms with van der Waals surface area (Å²) in [6.45, 7) is 5.81. The van der Waals surface area contributed by atoms with Gasteiger partial charge in [0.15, 0.2) is 0 Å². The lowest BCUT2D eigenvalue weighted by atomic mass is 9.63. The van der Waals surface area contributed by atoms with Crippen LogP contribution >= 0.6 is 11.3 Å². The zero-order valence-electron chi connectivity index (χ0n) is 14.7. The molecule has 25 heavy (non-hydrogen) atoms. The van der Waals surface area contributed by atoms with Crippen LogP contribution in [0, 0.1) is 18.3 Å². The number of aliphatic carboxylic acids is 1. The number of benzene rings is 1. The van der Waals surface area contributed by atoms with Crippen LogP contribution in [0.5, 0.6) is 0 Å². The summed E-state index contributed by atoms with van der Waals surface area (Å²) in [6.07, 6.45) is 3.02. The summed E-state index contributed by atoms with van der Waals surface area (Å²) in [4.78, 5) is 16.9. The predicted octanol–water partition coefficient (Wildman–Crippen LogP) is 3.80. The fourth-order valence-electron chi connectivity index (χ4n) is 3.96. The summed E-state index contributed by atoms with van der Waals surface area (Å²) in [5.41, 5.74) is 7.13. The molecule has 0 radical (unpaired) electrons. The molecule has 0 amide bonds. The number of hydrogen-bond donors (Lipinski definition) is 3. The molecule has 0 saturated heterocycles. The van der Waals surface area contributed by atoms with Gasteiger partial charge in [0.25, 0.3) is 0 Å². The molecular formula is C19H24N2O3S. The Morgan fingerprint density at radius 2 is 2.08 bits per heavy atom. The smallest absolute Gasteiger partial charge is 0.307 e. The van der Waals surface area contributed by atoms with Gasteiger partial charge >= 0.3 is 5.97 Å². The minimum absolute atomic E-state index is 0.389. The minimum atomic E-state index is -1.08. The molecule has 0 bridgehead atoms. The van der Waals surface area contributed by atoms with Crippen LogP contribution < -0.4 is 5.73 Å². The Morgan fingerprint density at radius 3 is 2.68 bits per heavy atom. The van der Waals surface area contributed by atoms with Gasteiger partial charge < -0.3 is 15.9 Å². The average Bonchev–Trinajstić information content (AvgIpc) is 2.95. The predicted molar refractivity (Wildman–Crippen MR) is 99.4 cm³/mol. The Labute approximate surface area is 151 Å². The van der Waals surface area contributed by atoms with Crippen molar-refractivity contribution in [2.75, 3.05) is 5.73 Å². The number of carboxylic acid groups (broad SMARTS) is 1. The summed E-state index contributed by atoms with van der Waals surface area (Å²) >= 11 is 1.46. The Hall–Kier alpha value is -1.92. The van der Waals surface area contributed by atoms with Crippen molar-refractivity contribution in [1.82, 2.24) is 4.98 Å². The first-order valence-electron chi connectivity index (χ1n) is 8.40. The van der Waals surface area contributed by atoms with Crippen LogP contribution in [0.1, 0.15) is 43.7 Å². The number of aromatic nitrogens is 1. The number of hydrogen-bond acceptors (Lipinski definition) is 5. The van der Waals surface area contributed by atoms with Gasteiger partial charge in [0.05, 0.1) is 10.8 Å². The second kappa shape index (κ2) is 6.11. The maximum Gasteiger partial charge on any atom is 0.307 e. The molecule has 0 spiro atoms. The molecular weight excluding hydrogens is 336 g/mol. The van der Waals surface area contributed by atoms with E-state index >= 15 is 0 Å². The van der Waals surface area contributed by atoms with Crippen LogP contribution in [-0.2, 0) is 10.4 Å². The molecule has 134 valence electrons. The molecule has 2 atom stereocenters. The molecule has 3 rings (SSSR count). The van der Waals surface area contributed by atoms with Crippen LogP contribution in [0.2, 0.25) is 0 Å². The first-order valence-corrected chi connectivity index (χ1v) is 9.21. The largest absolute Gasteiger partial charge is 0.481 e. The van der Waals surface area contributed by atoms with E-state index in [0.29, 0.717) is 30.0 Å². The Bertz CT molecular complexity index is 795. The molecule has 1 heterocycles. The monoisotopic (exact) mass is 360 g/mol. The van der Waals surface area contributed by atoms with E-state index in [1.807, 2.05) is 39.0 Å². The van der Waals surface area contributed by atoms with Gasteiger partial charge in [-0.2, -0.15) is 0 Å². The lowest BCUT2D eigenvalue weighted by Gasteiger charge is -2.44. The molecule has 1 aromatic heterocycles. The van der Waals surface area contributed by atoms with Gasteiger partial charge in [-0.15, -0.1) is 11.3 Å². The minimum Gasteiger partial charge on any atom is -0.481 e. The number of aliphatic hydroxyl groups is 1. The number of carbonyl (C=O) groups is 1. The van der Waals surface area contributed by atoms with E-state index in [0.717, 1.165) is 16.0 Å². The van der Waals surface area contributed by atoms with Crippen LogP contribution in [0.15, 0.2) is 24.4 Å². The van der Waals surface area contributed by atoms with Crippen molar-refractivity contribution in [2.24, 2.45) is 11.3 Å². The Kier molecular flexibility index (Phi) is 4.37. The average molecular weight is 360 g/mol. The van der Waals surface area contributed by atoms with Crippen LogP contribution in [0.25, 0.3) is 10.4 Å². The topological polar surface area (TPSA) is 96.4 Å². The van der Waals surface area contributed by atoms with Crippen LogP contribution in [-0.4, -0.2) is 21.2 Å². The number of rotatable bonds is 3. The molecule has 6 heteroatoms.